The van der Waals surface area contributed by atoms with Crippen LogP contribution in [0, 0.1) is 6.92 Å². The quantitative estimate of drug-likeness (QED) is 0.451. The van der Waals surface area contributed by atoms with Crippen molar-refractivity contribution in [2.75, 3.05) is 11.8 Å². The molecule has 0 aliphatic carbocycles. The van der Waals surface area contributed by atoms with Gasteiger partial charge in [-0.05, 0) is 67.1 Å². The zero-order valence-corrected chi connectivity index (χ0v) is 20.1. The third kappa shape index (κ3) is 6.20. The molecule has 3 aromatic rings. The smallest absolute Gasteiger partial charge is 0.416 e. The summed E-state index contributed by atoms with van der Waals surface area (Å²) in [6.45, 7) is 1.78. The number of carbonyl (C=O) groups excluding carboxylic acids is 1. The lowest BCUT2D eigenvalue weighted by molar-refractivity contribution is -0.137. The fourth-order valence-corrected chi connectivity index (χ4v) is 5.58. The van der Waals surface area contributed by atoms with Crippen LogP contribution in [0.2, 0.25) is 0 Å². The summed E-state index contributed by atoms with van der Waals surface area (Å²) in [4.78, 5) is 11.5. The predicted molar refractivity (Wildman–Crippen MR) is 122 cm³/mol. The molecule has 12 heteroatoms. The van der Waals surface area contributed by atoms with Crippen LogP contribution in [0.4, 0.5) is 18.9 Å². The van der Waals surface area contributed by atoms with Crippen LogP contribution < -0.4 is 4.72 Å². The number of hydrogen-bond donors (Lipinski definition) is 1. The summed E-state index contributed by atoms with van der Waals surface area (Å²) in [6.07, 6.45) is -4.64. The van der Waals surface area contributed by atoms with Crippen LogP contribution in [0.25, 0.3) is 0 Å². The molecule has 0 spiro atoms. The van der Waals surface area contributed by atoms with Crippen molar-refractivity contribution < 1.29 is 39.5 Å². The minimum Gasteiger partial charge on any atom is -0.465 e. The Labute approximate surface area is 200 Å². The number of sulfone groups is 1. The molecule has 7 nitrogen and oxygen atoms in total. The van der Waals surface area contributed by atoms with E-state index >= 15 is 0 Å². The number of rotatable bonds is 7. The number of sulfonamides is 1. The molecular formula is C23H20F3NO6S2. The molecule has 3 rings (SSSR count). The average molecular weight is 528 g/mol. The van der Waals surface area contributed by atoms with Gasteiger partial charge in [0.25, 0.3) is 10.0 Å². The summed E-state index contributed by atoms with van der Waals surface area (Å²) in [5, 5.41) is 0. The first-order valence-electron chi connectivity index (χ1n) is 9.94. The number of aryl methyl sites for hydroxylation is 1. The third-order valence-corrected chi connectivity index (χ3v) is 8.05. The first kappa shape index (κ1) is 26.2. The highest BCUT2D eigenvalue weighted by atomic mass is 32.2. The first-order valence-corrected chi connectivity index (χ1v) is 13.1. The number of hydrogen-bond acceptors (Lipinski definition) is 6. The highest BCUT2D eigenvalue weighted by Crippen LogP contribution is 2.31. The summed E-state index contributed by atoms with van der Waals surface area (Å²) in [5.74, 6) is -1.58. The Kier molecular flexibility index (Phi) is 7.27. The third-order valence-electron chi connectivity index (χ3n) is 4.99. The van der Waals surface area contributed by atoms with Gasteiger partial charge in [-0.1, -0.05) is 17.7 Å². The Hall–Kier alpha value is -3.38. The summed E-state index contributed by atoms with van der Waals surface area (Å²) < 4.78 is 97.1. The van der Waals surface area contributed by atoms with Crippen molar-refractivity contribution in [1.29, 1.82) is 0 Å². The second-order valence-corrected chi connectivity index (χ2v) is 11.2. The van der Waals surface area contributed by atoms with Gasteiger partial charge in [-0.3, -0.25) is 4.72 Å². The van der Waals surface area contributed by atoms with Crippen molar-refractivity contribution in [3.63, 3.8) is 0 Å². The topological polar surface area (TPSA) is 107 Å². The summed E-state index contributed by atoms with van der Waals surface area (Å²) in [7, 11) is -7.23. The zero-order valence-electron chi connectivity index (χ0n) is 18.5. The lowest BCUT2D eigenvalue weighted by atomic mass is 10.1. The lowest BCUT2D eigenvalue weighted by Crippen LogP contribution is -2.16. The van der Waals surface area contributed by atoms with E-state index in [0.29, 0.717) is 12.1 Å². The Morgan fingerprint density at radius 3 is 2.00 bits per heavy atom. The van der Waals surface area contributed by atoms with Crippen molar-refractivity contribution in [3.05, 3.63) is 89.0 Å². The molecule has 0 saturated heterocycles. The molecule has 0 aliphatic rings. The zero-order chi connectivity index (χ0) is 26.0. The maximum absolute atomic E-state index is 13.0. The van der Waals surface area contributed by atoms with Gasteiger partial charge >= 0.3 is 12.1 Å². The van der Waals surface area contributed by atoms with E-state index in [1.165, 1.54) is 24.3 Å². The highest BCUT2D eigenvalue weighted by molar-refractivity contribution is 7.92. The van der Waals surface area contributed by atoms with Gasteiger partial charge in [0.1, 0.15) is 0 Å². The number of halogens is 3. The Morgan fingerprint density at radius 2 is 1.46 bits per heavy atom. The molecule has 0 fully saturated rings. The molecule has 3 aromatic carbocycles. The van der Waals surface area contributed by atoms with E-state index in [1.54, 1.807) is 19.1 Å². The van der Waals surface area contributed by atoms with Crippen LogP contribution >= 0.6 is 0 Å². The number of esters is 1. The second kappa shape index (κ2) is 9.70. The number of benzene rings is 3. The highest BCUT2D eigenvalue weighted by Gasteiger charge is 2.31. The van der Waals surface area contributed by atoms with Crippen LogP contribution in [0.5, 0.6) is 0 Å². The predicted octanol–water partition coefficient (Wildman–Crippen LogP) is 4.58. The van der Waals surface area contributed by atoms with Crippen molar-refractivity contribution in [2.45, 2.75) is 28.6 Å². The number of methoxy groups -OCH3 is 1. The first-order chi connectivity index (χ1) is 16.2. The molecule has 0 amide bonds. The molecule has 0 heterocycles. The van der Waals surface area contributed by atoms with Crippen molar-refractivity contribution in [3.8, 4) is 0 Å². The number of nitrogens with one attached hydrogen (secondary N) is 1. The lowest BCUT2D eigenvalue weighted by Gasteiger charge is -2.15. The van der Waals surface area contributed by atoms with E-state index in [2.05, 4.69) is 9.46 Å². The van der Waals surface area contributed by atoms with E-state index in [4.69, 9.17) is 0 Å². The Balaban J connectivity index is 2.02. The van der Waals surface area contributed by atoms with E-state index in [1.807, 2.05) is 0 Å². The van der Waals surface area contributed by atoms with Crippen molar-refractivity contribution >= 4 is 31.5 Å². The van der Waals surface area contributed by atoms with Crippen LogP contribution in [0.15, 0.2) is 76.5 Å². The maximum Gasteiger partial charge on any atom is 0.416 e. The van der Waals surface area contributed by atoms with Gasteiger partial charge < -0.3 is 4.74 Å². The van der Waals surface area contributed by atoms with Crippen molar-refractivity contribution in [2.24, 2.45) is 0 Å². The molecule has 0 aromatic heterocycles. The van der Waals surface area contributed by atoms with Gasteiger partial charge in [0, 0.05) is 0 Å². The molecule has 0 radical (unpaired) electrons. The standard InChI is InChI=1S/C23H20F3NO6S2/c1-15-3-8-20(9-4-15)35(31,32)27-21-12-5-16(22(28)33-2)13-17(21)14-34(29,30)19-10-6-18(7-11-19)23(24,25)26/h3-13,27H,14H2,1-2H3. The number of carbonyl (C=O) groups is 1. The van der Waals surface area contributed by atoms with Gasteiger partial charge in [-0.25, -0.2) is 21.6 Å². The molecule has 0 bridgehead atoms. The van der Waals surface area contributed by atoms with E-state index < -0.39 is 48.2 Å². The molecule has 0 atom stereocenters. The maximum atomic E-state index is 13.0. The number of ether oxygens (including phenoxy) is 1. The fourth-order valence-electron chi connectivity index (χ4n) is 3.12. The van der Waals surface area contributed by atoms with Crippen LogP contribution in [-0.4, -0.2) is 29.9 Å². The molecule has 1 N–H and O–H groups in total. The molecular weight excluding hydrogens is 507 g/mol. The van der Waals surface area contributed by atoms with E-state index in [9.17, 15) is 34.8 Å². The second-order valence-electron chi connectivity index (χ2n) is 7.56. The van der Waals surface area contributed by atoms with Gasteiger partial charge in [0.2, 0.25) is 0 Å². The van der Waals surface area contributed by atoms with Crippen molar-refractivity contribution in [1.82, 2.24) is 0 Å². The minimum absolute atomic E-state index is 0.0385. The molecule has 0 unspecified atom stereocenters. The van der Waals surface area contributed by atoms with Crippen LogP contribution in [0.1, 0.15) is 27.0 Å². The van der Waals surface area contributed by atoms with Gasteiger partial charge in [0.05, 0.1) is 39.5 Å². The van der Waals surface area contributed by atoms with E-state index in [-0.39, 0.29) is 21.7 Å². The fraction of sp³-hybridized carbons (Fsp3) is 0.174. The number of anilines is 1. The Morgan fingerprint density at radius 1 is 0.886 bits per heavy atom. The summed E-state index contributed by atoms with van der Waals surface area (Å²) >= 11 is 0. The van der Waals surface area contributed by atoms with Crippen LogP contribution in [-0.2, 0) is 36.5 Å². The summed E-state index contributed by atoms with van der Waals surface area (Å²) in [5.41, 5.74) is -0.439. The SMILES string of the molecule is COC(=O)c1ccc(NS(=O)(=O)c2ccc(C)cc2)c(CS(=O)(=O)c2ccc(C(F)(F)F)cc2)c1. The molecule has 0 saturated carbocycles. The molecule has 0 aliphatic heterocycles. The molecule has 186 valence electrons. The normalized spacial score (nSPS) is 12.3. The number of alkyl halides is 3. The monoisotopic (exact) mass is 527 g/mol. The Bertz CT molecular complexity index is 1450. The minimum atomic E-state index is -4.64. The molecule has 35 heavy (non-hydrogen) atoms. The van der Waals surface area contributed by atoms with E-state index in [0.717, 1.165) is 30.9 Å². The van der Waals surface area contributed by atoms with Gasteiger partial charge in [-0.15, -0.1) is 0 Å². The van der Waals surface area contributed by atoms with Crippen LogP contribution in [0.3, 0.4) is 0 Å². The average Bonchev–Trinajstić information content (AvgIpc) is 2.79. The van der Waals surface area contributed by atoms with Gasteiger partial charge in [0.15, 0.2) is 9.84 Å². The largest absolute Gasteiger partial charge is 0.465 e. The summed E-state index contributed by atoms with van der Waals surface area (Å²) in [6, 6.07) is 12.5. The van der Waals surface area contributed by atoms with Gasteiger partial charge in [-0.2, -0.15) is 13.2 Å².